The van der Waals surface area contributed by atoms with Crippen molar-refractivity contribution in [2.75, 3.05) is 49.9 Å². The monoisotopic (exact) mass is 732 g/mol. The van der Waals surface area contributed by atoms with Crippen LogP contribution in [0.2, 0.25) is 10.0 Å². The van der Waals surface area contributed by atoms with E-state index in [4.69, 9.17) is 23.2 Å². The van der Waals surface area contributed by atoms with Crippen LogP contribution in [0.25, 0.3) is 21.8 Å². The van der Waals surface area contributed by atoms with E-state index in [2.05, 4.69) is 20.6 Å². The highest BCUT2D eigenvalue weighted by molar-refractivity contribution is 6.31. The Hall–Kier alpha value is -5.18. The van der Waals surface area contributed by atoms with Gasteiger partial charge in [0.2, 0.25) is 0 Å². The quantitative estimate of drug-likeness (QED) is 0.0909. The van der Waals surface area contributed by atoms with E-state index in [0.717, 1.165) is 58.9 Å². The maximum absolute atomic E-state index is 13.6. The molecule has 0 spiro atoms. The molecule has 0 aliphatic heterocycles. The van der Waals surface area contributed by atoms with E-state index in [1.165, 1.54) is 0 Å². The molecule has 6 aromatic rings. The predicted octanol–water partition coefficient (Wildman–Crippen LogP) is 9.46. The number of carbonyl (C=O) groups is 2. The lowest BCUT2D eigenvalue weighted by Crippen LogP contribution is -2.36. The number of hydrogen-bond acceptors (Lipinski definition) is 6. The molecule has 2 aromatic heterocycles. The lowest BCUT2D eigenvalue weighted by Gasteiger charge is -2.26. The third-order valence-corrected chi connectivity index (χ3v) is 9.44. The van der Waals surface area contributed by atoms with Crippen LogP contribution in [0.15, 0.2) is 122 Å². The Bertz CT molecular complexity index is 1950. The molecule has 0 aliphatic rings. The number of pyridine rings is 2. The lowest BCUT2D eigenvalue weighted by atomic mass is 10.1. The number of halogens is 2. The van der Waals surface area contributed by atoms with E-state index in [0.29, 0.717) is 60.4 Å². The van der Waals surface area contributed by atoms with Gasteiger partial charge in [-0.05, 0) is 98.5 Å². The van der Waals surface area contributed by atoms with Gasteiger partial charge < -0.3 is 20.4 Å². The van der Waals surface area contributed by atoms with Crippen LogP contribution in [-0.2, 0) is 0 Å². The third-order valence-electron chi connectivity index (χ3n) is 8.97. The van der Waals surface area contributed by atoms with Crippen LogP contribution in [0, 0.1) is 0 Å². The average molecular weight is 734 g/mol. The van der Waals surface area contributed by atoms with Crippen molar-refractivity contribution in [3.05, 3.63) is 143 Å². The summed E-state index contributed by atoms with van der Waals surface area (Å²) in [5.41, 5.74) is 4.99. The largest absolute Gasteiger partial charge is 0.384 e. The lowest BCUT2D eigenvalue weighted by molar-refractivity contribution is 0.0721. The summed E-state index contributed by atoms with van der Waals surface area (Å²) in [4.78, 5) is 40.0. The summed E-state index contributed by atoms with van der Waals surface area (Å²) in [6, 6.07) is 34.1. The second kappa shape index (κ2) is 18.4. The molecule has 0 unspecified atom stereocenters. The number of aromatic nitrogens is 2. The van der Waals surface area contributed by atoms with Crippen molar-refractivity contribution in [3.8, 4) is 0 Å². The number of nitrogens with zero attached hydrogens (tertiary/aromatic N) is 4. The standard InChI is InChI=1S/C42H42Cl2N6O2/c43-33-15-17-35-37(19-23-47-39(35)29-33)45-21-9-27-49(41(51)31-11-3-1-4-12-31)25-7-8-26-50(42(52)32-13-5-2-6-14-32)28-10-22-46-38-20-24-48-40-30-34(44)16-18-36(38)40/h1-6,11-20,23-24,29-30H,7-10,21-22,25-28H2,(H,45,47)(H,46,48). The van der Waals surface area contributed by atoms with Gasteiger partial charge in [0.05, 0.1) is 11.0 Å². The van der Waals surface area contributed by atoms with Crippen molar-refractivity contribution in [3.63, 3.8) is 0 Å². The summed E-state index contributed by atoms with van der Waals surface area (Å²) in [5, 5.41) is 10.3. The molecule has 6 rings (SSSR count). The normalized spacial score (nSPS) is 11.0. The first-order valence-electron chi connectivity index (χ1n) is 17.7. The topological polar surface area (TPSA) is 90.5 Å². The molecule has 266 valence electrons. The fraction of sp³-hybridized carbons (Fsp3) is 0.238. The minimum absolute atomic E-state index is 0.0128. The molecule has 52 heavy (non-hydrogen) atoms. The van der Waals surface area contributed by atoms with Crippen LogP contribution >= 0.6 is 23.2 Å². The Morgan fingerprint density at radius 3 is 1.35 bits per heavy atom. The number of carbonyl (C=O) groups excluding carboxylic acids is 2. The number of hydrogen-bond donors (Lipinski definition) is 2. The third kappa shape index (κ3) is 9.78. The molecule has 2 amide bonds. The SMILES string of the molecule is O=C(c1ccccc1)N(CCCCN(CCCNc1ccnc2cc(Cl)ccc12)C(=O)c1ccccc1)CCCNc1ccnc2cc(Cl)ccc12. The molecule has 0 atom stereocenters. The van der Waals surface area contributed by atoms with Crippen molar-refractivity contribution in [2.45, 2.75) is 25.7 Å². The van der Waals surface area contributed by atoms with Crippen molar-refractivity contribution in [1.29, 1.82) is 0 Å². The summed E-state index contributed by atoms with van der Waals surface area (Å²) in [6.45, 7) is 3.78. The van der Waals surface area contributed by atoms with Crippen molar-refractivity contribution in [1.82, 2.24) is 19.8 Å². The van der Waals surface area contributed by atoms with Crippen LogP contribution in [0.1, 0.15) is 46.4 Å². The maximum atomic E-state index is 13.6. The Labute approximate surface area is 314 Å². The predicted molar refractivity (Wildman–Crippen MR) is 214 cm³/mol. The first-order chi connectivity index (χ1) is 25.5. The zero-order valence-electron chi connectivity index (χ0n) is 29.0. The zero-order chi connectivity index (χ0) is 36.1. The molecule has 0 saturated heterocycles. The van der Waals surface area contributed by atoms with Crippen LogP contribution in [0.5, 0.6) is 0 Å². The smallest absolute Gasteiger partial charge is 0.253 e. The van der Waals surface area contributed by atoms with Gasteiger partial charge in [-0.2, -0.15) is 0 Å². The highest BCUT2D eigenvalue weighted by Crippen LogP contribution is 2.25. The summed E-state index contributed by atoms with van der Waals surface area (Å²) in [7, 11) is 0. The minimum Gasteiger partial charge on any atom is -0.384 e. The highest BCUT2D eigenvalue weighted by Gasteiger charge is 2.18. The number of fused-ring (bicyclic) bond motifs is 2. The second-order valence-corrected chi connectivity index (χ2v) is 13.5. The Kier molecular flexibility index (Phi) is 12.9. The van der Waals surface area contributed by atoms with Gasteiger partial charge in [-0.3, -0.25) is 19.6 Å². The molecule has 0 aliphatic carbocycles. The first-order valence-corrected chi connectivity index (χ1v) is 18.5. The van der Waals surface area contributed by atoms with Gasteiger partial charge in [0.1, 0.15) is 0 Å². The van der Waals surface area contributed by atoms with Crippen LogP contribution in [0.3, 0.4) is 0 Å². The minimum atomic E-state index is 0.0128. The van der Waals surface area contributed by atoms with Crippen LogP contribution in [0.4, 0.5) is 11.4 Å². The van der Waals surface area contributed by atoms with Gasteiger partial charge in [0, 0.05) is 95.0 Å². The van der Waals surface area contributed by atoms with E-state index >= 15 is 0 Å². The fourth-order valence-corrected chi connectivity index (χ4v) is 6.63. The van der Waals surface area contributed by atoms with Crippen molar-refractivity contribution < 1.29 is 9.59 Å². The molecule has 0 bridgehead atoms. The van der Waals surface area contributed by atoms with Crippen LogP contribution in [-0.4, -0.2) is 70.9 Å². The van der Waals surface area contributed by atoms with Gasteiger partial charge >= 0.3 is 0 Å². The molecule has 2 heterocycles. The second-order valence-electron chi connectivity index (χ2n) is 12.6. The summed E-state index contributed by atoms with van der Waals surface area (Å²) in [6.07, 6.45) is 6.61. The molecule has 0 radical (unpaired) electrons. The fourth-order valence-electron chi connectivity index (χ4n) is 6.30. The molecule has 4 aromatic carbocycles. The number of unbranched alkanes of at least 4 members (excludes halogenated alkanes) is 1. The van der Waals surface area contributed by atoms with Crippen molar-refractivity contribution in [2.24, 2.45) is 0 Å². The molecular weight excluding hydrogens is 691 g/mol. The van der Waals surface area contributed by atoms with E-state index in [1.807, 2.05) is 119 Å². The molecule has 0 saturated carbocycles. The van der Waals surface area contributed by atoms with E-state index in [1.54, 1.807) is 12.4 Å². The molecule has 10 heteroatoms. The summed E-state index contributed by atoms with van der Waals surface area (Å²) in [5.74, 6) is 0.0256. The molecule has 0 fully saturated rings. The Balaban J connectivity index is 1.04. The van der Waals surface area contributed by atoms with Crippen LogP contribution < -0.4 is 10.6 Å². The van der Waals surface area contributed by atoms with Crippen molar-refractivity contribution >= 4 is 68.2 Å². The highest BCUT2D eigenvalue weighted by atomic mass is 35.5. The van der Waals surface area contributed by atoms with E-state index in [9.17, 15) is 9.59 Å². The maximum Gasteiger partial charge on any atom is 0.253 e. The van der Waals surface area contributed by atoms with E-state index in [-0.39, 0.29) is 11.8 Å². The number of anilines is 2. The Morgan fingerprint density at radius 1 is 0.519 bits per heavy atom. The number of benzene rings is 4. The molecule has 8 nitrogen and oxygen atoms in total. The summed E-state index contributed by atoms with van der Waals surface area (Å²) >= 11 is 12.3. The van der Waals surface area contributed by atoms with Gasteiger partial charge in [0.25, 0.3) is 11.8 Å². The average Bonchev–Trinajstić information content (AvgIpc) is 3.17. The van der Waals surface area contributed by atoms with Gasteiger partial charge in [-0.15, -0.1) is 0 Å². The molecule has 2 N–H and O–H groups in total. The summed E-state index contributed by atoms with van der Waals surface area (Å²) < 4.78 is 0. The zero-order valence-corrected chi connectivity index (χ0v) is 30.5. The van der Waals surface area contributed by atoms with Gasteiger partial charge in [-0.25, -0.2) is 0 Å². The number of amides is 2. The number of nitrogens with one attached hydrogen (secondary N) is 2. The Morgan fingerprint density at radius 2 is 0.923 bits per heavy atom. The van der Waals surface area contributed by atoms with E-state index < -0.39 is 0 Å². The first kappa shape index (κ1) is 36.6. The molecular formula is C42H42Cl2N6O2. The van der Waals surface area contributed by atoms with Gasteiger partial charge in [0.15, 0.2) is 0 Å². The van der Waals surface area contributed by atoms with Gasteiger partial charge in [-0.1, -0.05) is 59.6 Å². The number of rotatable bonds is 17.